The highest BCUT2D eigenvalue weighted by molar-refractivity contribution is 5.19. The van der Waals surface area contributed by atoms with Crippen molar-refractivity contribution < 1.29 is 0 Å². The Labute approximate surface area is 126 Å². The van der Waals surface area contributed by atoms with Gasteiger partial charge in [-0.25, -0.2) is 0 Å². The molecule has 2 aromatic rings. The lowest BCUT2D eigenvalue weighted by Crippen LogP contribution is -2.38. The van der Waals surface area contributed by atoms with E-state index in [2.05, 4.69) is 52.6 Å². The Morgan fingerprint density at radius 3 is 2.81 bits per heavy atom. The van der Waals surface area contributed by atoms with Crippen LogP contribution in [-0.2, 0) is 6.54 Å². The summed E-state index contributed by atoms with van der Waals surface area (Å²) in [6.45, 7) is 6.48. The molecule has 0 bridgehead atoms. The van der Waals surface area contributed by atoms with E-state index in [1.807, 2.05) is 23.1 Å². The van der Waals surface area contributed by atoms with E-state index in [-0.39, 0.29) is 0 Å². The van der Waals surface area contributed by atoms with E-state index in [0.717, 1.165) is 26.2 Å². The lowest BCUT2D eigenvalue weighted by Gasteiger charge is -2.29. The number of hydrogen-bond donors (Lipinski definition) is 1. The Kier molecular flexibility index (Phi) is 4.68. The monoisotopic (exact) mass is 284 g/mol. The van der Waals surface area contributed by atoms with Gasteiger partial charge in [0.05, 0.1) is 6.54 Å². The van der Waals surface area contributed by atoms with Crippen LogP contribution in [0.1, 0.15) is 24.9 Å². The minimum absolute atomic E-state index is 0.425. The number of hydrogen-bond acceptors (Lipinski definition) is 3. The molecule has 0 spiro atoms. The van der Waals surface area contributed by atoms with Crippen LogP contribution in [0.15, 0.2) is 48.8 Å². The van der Waals surface area contributed by atoms with Gasteiger partial charge in [0.1, 0.15) is 0 Å². The van der Waals surface area contributed by atoms with Gasteiger partial charge in [-0.05, 0) is 31.5 Å². The Morgan fingerprint density at radius 2 is 2.05 bits per heavy atom. The van der Waals surface area contributed by atoms with Crippen LogP contribution in [0.2, 0.25) is 0 Å². The molecule has 21 heavy (non-hydrogen) atoms. The van der Waals surface area contributed by atoms with Crippen LogP contribution >= 0.6 is 0 Å². The highest BCUT2D eigenvalue weighted by Crippen LogP contribution is 2.19. The minimum atomic E-state index is 0.425. The zero-order valence-corrected chi connectivity index (χ0v) is 12.7. The summed E-state index contributed by atoms with van der Waals surface area (Å²) < 4.78 is 2.02. The molecule has 2 heterocycles. The van der Waals surface area contributed by atoms with Crippen molar-refractivity contribution in [1.82, 2.24) is 20.0 Å². The Morgan fingerprint density at radius 1 is 1.19 bits per heavy atom. The molecule has 1 aliphatic heterocycles. The zero-order valence-electron chi connectivity index (χ0n) is 12.7. The number of nitrogens with one attached hydrogen (secondary N) is 1. The first-order valence-electron chi connectivity index (χ1n) is 7.83. The largest absolute Gasteiger partial charge is 0.309 e. The summed E-state index contributed by atoms with van der Waals surface area (Å²) >= 11 is 0. The van der Waals surface area contributed by atoms with E-state index in [0.29, 0.717) is 12.1 Å². The fourth-order valence-electron chi connectivity index (χ4n) is 3.01. The molecule has 0 amide bonds. The second kappa shape index (κ2) is 6.87. The lowest BCUT2D eigenvalue weighted by molar-refractivity contribution is 0.194. The number of aromatic nitrogens is 2. The van der Waals surface area contributed by atoms with Crippen LogP contribution in [0, 0.1) is 0 Å². The van der Waals surface area contributed by atoms with Crippen molar-refractivity contribution in [3.63, 3.8) is 0 Å². The van der Waals surface area contributed by atoms with Crippen molar-refractivity contribution in [2.75, 3.05) is 19.6 Å². The van der Waals surface area contributed by atoms with Gasteiger partial charge in [-0.1, -0.05) is 30.3 Å². The van der Waals surface area contributed by atoms with Crippen LogP contribution < -0.4 is 5.32 Å². The maximum Gasteiger partial charge on any atom is 0.0536 e. The maximum absolute atomic E-state index is 4.30. The second-order valence-corrected chi connectivity index (χ2v) is 5.82. The van der Waals surface area contributed by atoms with Crippen molar-refractivity contribution in [3.8, 4) is 0 Å². The van der Waals surface area contributed by atoms with Crippen LogP contribution in [0.3, 0.4) is 0 Å². The third-order valence-electron chi connectivity index (χ3n) is 4.37. The van der Waals surface area contributed by atoms with Crippen LogP contribution in [0.25, 0.3) is 0 Å². The molecule has 3 rings (SSSR count). The van der Waals surface area contributed by atoms with Gasteiger partial charge in [0.15, 0.2) is 0 Å². The standard InChI is InChI=1S/C17H24N4/c1-15-8-10-18-17(16-6-3-2-4-7-16)14-20(15)12-13-21-11-5-9-19-21/h2-7,9,11,15,17-18H,8,10,12-14H2,1H3. The summed E-state index contributed by atoms with van der Waals surface area (Å²) in [5, 5.41) is 7.99. The first kappa shape index (κ1) is 14.3. The van der Waals surface area contributed by atoms with Crippen LogP contribution in [-0.4, -0.2) is 40.4 Å². The highest BCUT2D eigenvalue weighted by Gasteiger charge is 2.23. The Bertz CT molecular complexity index is 523. The highest BCUT2D eigenvalue weighted by atomic mass is 15.3. The predicted molar refractivity (Wildman–Crippen MR) is 85.1 cm³/mol. The molecule has 2 atom stereocenters. The normalized spacial score (nSPS) is 23.9. The molecule has 0 aliphatic carbocycles. The van der Waals surface area contributed by atoms with Gasteiger partial charge < -0.3 is 5.32 Å². The molecule has 4 heteroatoms. The molecule has 1 aromatic heterocycles. The van der Waals surface area contributed by atoms with Gasteiger partial charge in [-0.2, -0.15) is 5.10 Å². The average molecular weight is 284 g/mol. The molecular formula is C17H24N4. The van der Waals surface area contributed by atoms with Gasteiger partial charge >= 0.3 is 0 Å². The number of rotatable bonds is 4. The first-order valence-corrected chi connectivity index (χ1v) is 7.83. The molecule has 112 valence electrons. The van der Waals surface area contributed by atoms with Crippen molar-refractivity contribution in [1.29, 1.82) is 0 Å². The van der Waals surface area contributed by atoms with E-state index in [1.165, 1.54) is 12.0 Å². The predicted octanol–water partition coefficient (Wildman–Crippen LogP) is 2.31. The Balaban J connectivity index is 1.66. The van der Waals surface area contributed by atoms with Gasteiger partial charge in [-0.15, -0.1) is 0 Å². The summed E-state index contributed by atoms with van der Waals surface area (Å²) in [5.74, 6) is 0. The molecule has 1 N–H and O–H groups in total. The van der Waals surface area contributed by atoms with Gasteiger partial charge in [-0.3, -0.25) is 9.58 Å². The van der Waals surface area contributed by atoms with Crippen molar-refractivity contribution in [3.05, 3.63) is 54.4 Å². The fourth-order valence-corrected chi connectivity index (χ4v) is 3.01. The third-order valence-corrected chi connectivity index (χ3v) is 4.37. The molecule has 1 aliphatic rings. The van der Waals surface area contributed by atoms with E-state index in [9.17, 15) is 0 Å². The fraction of sp³-hybridized carbons (Fsp3) is 0.471. The molecule has 2 unspecified atom stereocenters. The second-order valence-electron chi connectivity index (χ2n) is 5.82. The topological polar surface area (TPSA) is 33.1 Å². The van der Waals surface area contributed by atoms with Gasteiger partial charge in [0.25, 0.3) is 0 Å². The maximum atomic E-state index is 4.30. The van der Waals surface area contributed by atoms with E-state index >= 15 is 0 Å². The summed E-state index contributed by atoms with van der Waals surface area (Å²) in [5.41, 5.74) is 1.38. The van der Waals surface area contributed by atoms with Gasteiger partial charge in [0.2, 0.25) is 0 Å². The smallest absolute Gasteiger partial charge is 0.0536 e. The summed E-state index contributed by atoms with van der Waals surface area (Å²) in [4.78, 5) is 2.58. The SMILES string of the molecule is CC1CCNC(c2ccccc2)CN1CCn1cccn1. The number of benzene rings is 1. The Hall–Kier alpha value is -1.65. The van der Waals surface area contributed by atoms with E-state index < -0.39 is 0 Å². The molecule has 1 fully saturated rings. The zero-order chi connectivity index (χ0) is 14.5. The van der Waals surface area contributed by atoms with Crippen LogP contribution in [0.5, 0.6) is 0 Å². The third kappa shape index (κ3) is 3.71. The molecular weight excluding hydrogens is 260 g/mol. The van der Waals surface area contributed by atoms with Crippen molar-refractivity contribution in [2.45, 2.75) is 32.0 Å². The summed E-state index contributed by atoms with van der Waals surface area (Å²) in [7, 11) is 0. The van der Waals surface area contributed by atoms with E-state index in [1.54, 1.807) is 0 Å². The quantitative estimate of drug-likeness (QED) is 0.935. The van der Waals surface area contributed by atoms with Crippen molar-refractivity contribution in [2.24, 2.45) is 0 Å². The number of nitrogens with zero attached hydrogens (tertiary/aromatic N) is 3. The van der Waals surface area contributed by atoms with Crippen molar-refractivity contribution >= 4 is 0 Å². The molecule has 4 nitrogen and oxygen atoms in total. The van der Waals surface area contributed by atoms with Crippen LogP contribution in [0.4, 0.5) is 0 Å². The van der Waals surface area contributed by atoms with E-state index in [4.69, 9.17) is 0 Å². The molecule has 1 saturated heterocycles. The first-order chi connectivity index (χ1) is 10.3. The molecule has 1 aromatic carbocycles. The summed E-state index contributed by atoms with van der Waals surface area (Å²) in [6, 6.07) is 13.8. The molecule has 0 radical (unpaired) electrons. The van der Waals surface area contributed by atoms with Gasteiger partial charge in [0, 0.05) is 37.6 Å². The molecule has 0 saturated carbocycles. The minimum Gasteiger partial charge on any atom is -0.309 e. The summed E-state index contributed by atoms with van der Waals surface area (Å²) in [6.07, 6.45) is 5.08. The lowest BCUT2D eigenvalue weighted by atomic mass is 10.1. The average Bonchev–Trinajstić information content (AvgIpc) is 2.97.